The number of halogens is 1. The van der Waals surface area contributed by atoms with Crippen LogP contribution in [-0.2, 0) is 4.79 Å². The number of hydrogen-bond donors (Lipinski definition) is 1. The van der Waals surface area contributed by atoms with Gasteiger partial charge in [0.2, 0.25) is 5.91 Å². The number of non-ortho nitro benzene ring substituents is 1. The molecule has 2 aromatic heterocycles. The molecule has 34 heavy (non-hydrogen) atoms. The van der Waals surface area contributed by atoms with Crippen LogP contribution in [0.4, 0.5) is 11.5 Å². The van der Waals surface area contributed by atoms with Crippen molar-refractivity contribution in [2.45, 2.75) is 26.2 Å². The van der Waals surface area contributed by atoms with E-state index in [1.54, 1.807) is 28.9 Å². The average molecular weight is 475 g/mol. The van der Waals surface area contributed by atoms with Gasteiger partial charge in [-0.25, -0.2) is 9.97 Å². The van der Waals surface area contributed by atoms with Gasteiger partial charge in [-0.2, -0.15) is 9.78 Å². The predicted molar refractivity (Wildman–Crippen MR) is 127 cm³/mol. The lowest BCUT2D eigenvalue weighted by atomic mass is 9.84. The first-order valence-corrected chi connectivity index (χ1v) is 10.9. The fraction of sp³-hybridized carbons (Fsp3) is 0.167. The Morgan fingerprint density at radius 2 is 1.71 bits per heavy atom. The molecule has 2 aromatic carbocycles. The monoisotopic (exact) mass is 474 g/mol. The molecule has 1 amide bonds. The van der Waals surface area contributed by atoms with Gasteiger partial charge in [0.15, 0.2) is 0 Å². The molecule has 1 aliphatic heterocycles. The molecule has 4 aromatic rings. The number of nitro groups is 1. The first-order valence-electron chi connectivity index (χ1n) is 10.6. The number of nitro benzene ring substituents is 1. The molecule has 0 aliphatic carbocycles. The van der Waals surface area contributed by atoms with Crippen LogP contribution >= 0.6 is 11.6 Å². The summed E-state index contributed by atoms with van der Waals surface area (Å²) >= 11 is 6.10. The van der Waals surface area contributed by atoms with Gasteiger partial charge < -0.3 is 5.32 Å². The fourth-order valence-electron chi connectivity index (χ4n) is 4.23. The first-order chi connectivity index (χ1) is 16.3. The molecule has 0 saturated heterocycles. The van der Waals surface area contributed by atoms with Crippen molar-refractivity contribution in [3.05, 3.63) is 92.2 Å². The third-order valence-electron chi connectivity index (χ3n) is 5.70. The van der Waals surface area contributed by atoms with Crippen molar-refractivity contribution in [3.8, 4) is 17.2 Å². The van der Waals surface area contributed by atoms with Crippen LogP contribution in [0.3, 0.4) is 0 Å². The maximum Gasteiger partial charge on any atom is 0.269 e. The molecule has 9 nitrogen and oxygen atoms in total. The zero-order valence-corrected chi connectivity index (χ0v) is 19.1. The van der Waals surface area contributed by atoms with Gasteiger partial charge in [-0.1, -0.05) is 35.9 Å². The largest absolute Gasteiger partial charge is 0.310 e. The molecule has 1 unspecified atom stereocenters. The number of rotatable bonds is 4. The second-order valence-electron chi connectivity index (χ2n) is 8.13. The van der Waals surface area contributed by atoms with Crippen LogP contribution in [0.1, 0.15) is 34.9 Å². The van der Waals surface area contributed by atoms with Crippen molar-refractivity contribution < 1.29 is 9.72 Å². The van der Waals surface area contributed by atoms with Gasteiger partial charge >= 0.3 is 0 Å². The van der Waals surface area contributed by atoms with Crippen LogP contribution in [0.25, 0.3) is 17.2 Å². The molecule has 5 rings (SSSR count). The molecule has 0 bridgehead atoms. The Bertz CT molecular complexity index is 1410. The lowest BCUT2D eigenvalue weighted by molar-refractivity contribution is -0.384. The molecular formula is C24H19ClN6O3. The van der Waals surface area contributed by atoms with Crippen molar-refractivity contribution in [1.29, 1.82) is 0 Å². The van der Waals surface area contributed by atoms with Crippen LogP contribution in [0.5, 0.6) is 0 Å². The topological polar surface area (TPSA) is 116 Å². The molecule has 0 saturated carbocycles. The predicted octanol–water partition coefficient (Wildman–Crippen LogP) is 4.98. The summed E-state index contributed by atoms with van der Waals surface area (Å²) < 4.78 is 1.55. The molecule has 0 fully saturated rings. The maximum absolute atomic E-state index is 12.8. The number of amides is 1. The van der Waals surface area contributed by atoms with E-state index >= 15 is 0 Å². The Morgan fingerprint density at radius 1 is 1.06 bits per heavy atom. The quantitative estimate of drug-likeness (QED) is 0.329. The van der Waals surface area contributed by atoms with Crippen LogP contribution in [0.15, 0.2) is 54.6 Å². The highest BCUT2D eigenvalue weighted by atomic mass is 35.5. The maximum atomic E-state index is 12.8. The van der Waals surface area contributed by atoms with Crippen molar-refractivity contribution in [2.75, 3.05) is 5.32 Å². The molecule has 170 valence electrons. The van der Waals surface area contributed by atoms with E-state index in [9.17, 15) is 14.9 Å². The van der Waals surface area contributed by atoms with Gasteiger partial charge in [0.25, 0.3) is 11.6 Å². The highest BCUT2D eigenvalue weighted by Crippen LogP contribution is 2.44. The van der Waals surface area contributed by atoms with E-state index < -0.39 is 4.92 Å². The average Bonchev–Trinajstić information content (AvgIpc) is 3.18. The van der Waals surface area contributed by atoms with Gasteiger partial charge in [-0.15, -0.1) is 0 Å². The number of aryl methyl sites for hydroxylation is 2. The van der Waals surface area contributed by atoms with Crippen LogP contribution < -0.4 is 5.32 Å². The fourth-order valence-corrected chi connectivity index (χ4v) is 4.36. The molecule has 1 atom stereocenters. The summed E-state index contributed by atoms with van der Waals surface area (Å²) in [7, 11) is 0. The van der Waals surface area contributed by atoms with Crippen molar-refractivity contribution in [2.24, 2.45) is 0 Å². The first kappa shape index (κ1) is 21.7. The van der Waals surface area contributed by atoms with E-state index in [-0.39, 0.29) is 23.9 Å². The zero-order valence-electron chi connectivity index (χ0n) is 18.3. The number of hydrogen-bond acceptors (Lipinski definition) is 6. The Hall–Kier alpha value is -4.11. The minimum atomic E-state index is -0.447. The van der Waals surface area contributed by atoms with Gasteiger partial charge in [-0.3, -0.25) is 14.9 Å². The molecule has 3 heterocycles. The Morgan fingerprint density at radius 3 is 2.32 bits per heavy atom. The molecule has 1 aliphatic rings. The Kier molecular flexibility index (Phi) is 5.33. The van der Waals surface area contributed by atoms with Gasteiger partial charge in [0, 0.05) is 52.0 Å². The van der Waals surface area contributed by atoms with E-state index in [2.05, 4.69) is 15.3 Å². The van der Waals surface area contributed by atoms with Crippen molar-refractivity contribution in [3.63, 3.8) is 0 Å². The van der Waals surface area contributed by atoms with Crippen molar-refractivity contribution in [1.82, 2.24) is 19.7 Å². The van der Waals surface area contributed by atoms with Crippen molar-refractivity contribution >= 4 is 29.0 Å². The van der Waals surface area contributed by atoms with Crippen LogP contribution in [-0.4, -0.2) is 30.6 Å². The Balaban J connectivity index is 1.75. The van der Waals surface area contributed by atoms with Gasteiger partial charge in [0.05, 0.1) is 10.6 Å². The van der Waals surface area contributed by atoms with Gasteiger partial charge in [-0.05, 0) is 37.6 Å². The number of fused-ring (bicyclic) bond motifs is 1. The molecule has 10 heteroatoms. The normalized spacial score (nSPS) is 15.0. The van der Waals surface area contributed by atoms with Gasteiger partial charge in [0.1, 0.15) is 5.82 Å². The number of anilines is 1. The summed E-state index contributed by atoms with van der Waals surface area (Å²) in [6.07, 6.45) is 0.171. The summed E-state index contributed by atoms with van der Waals surface area (Å²) in [5, 5.41) is 19.5. The minimum absolute atomic E-state index is 0.0125. The van der Waals surface area contributed by atoms with E-state index in [4.69, 9.17) is 16.7 Å². The molecular weight excluding hydrogens is 456 g/mol. The lowest BCUT2D eigenvalue weighted by Crippen LogP contribution is -2.25. The number of aromatic nitrogens is 4. The number of carbonyl (C=O) groups is 1. The third kappa shape index (κ3) is 3.90. The van der Waals surface area contributed by atoms with Crippen LogP contribution in [0.2, 0.25) is 5.02 Å². The second kappa shape index (κ2) is 8.35. The minimum Gasteiger partial charge on any atom is -0.310 e. The summed E-state index contributed by atoms with van der Waals surface area (Å²) in [4.78, 5) is 32.5. The molecule has 1 N–H and O–H groups in total. The molecule has 0 radical (unpaired) electrons. The summed E-state index contributed by atoms with van der Waals surface area (Å²) in [5.41, 5.74) is 4.56. The SMILES string of the molecule is Cc1cc(C)nc(-n2nc(-c3ccc(Cl)cc3)c3c2NC(=O)CC3c2ccc([N+](=O)[O-])cc2)n1. The summed E-state index contributed by atoms with van der Waals surface area (Å²) in [5.74, 6) is 0.270. The van der Waals surface area contributed by atoms with E-state index in [1.807, 2.05) is 32.0 Å². The number of carbonyl (C=O) groups excluding carboxylic acids is 1. The highest BCUT2D eigenvalue weighted by molar-refractivity contribution is 6.30. The molecule has 0 spiro atoms. The number of benzene rings is 2. The standard InChI is InChI=1S/C24H19ClN6O3/c1-13-11-14(2)27-24(26-13)30-23-21(22(29-30)16-3-7-17(25)8-4-16)19(12-20(32)28-23)15-5-9-18(10-6-15)31(33)34/h3-11,19H,12H2,1-2H3,(H,28,32). The van der Waals surface area contributed by atoms with Crippen LogP contribution in [0, 0.1) is 24.0 Å². The zero-order chi connectivity index (χ0) is 24.0. The van der Waals surface area contributed by atoms with E-state index in [0.29, 0.717) is 22.5 Å². The lowest BCUT2D eigenvalue weighted by Gasteiger charge is -2.24. The number of nitrogens with zero attached hydrogens (tertiary/aromatic N) is 5. The third-order valence-corrected chi connectivity index (χ3v) is 5.95. The smallest absolute Gasteiger partial charge is 0.269 e. The second-order valence-corrected chi connectivity index (χ2v) is 8.57. The Labute approximate surface area is 199 Å². The number of nitrogens with one attached hydrogen (secondary N) is 1. The van der Waals surface area contributed by atoms with E-state index in [0.717, 1.165) is 28.1 Å². The van der Waals surface area contributed by atoms with E-state index in [1.165, 1.54) is 12.1 Å². The summed E-state index contributed by atoms with van der Waals surface area (Å²) in [6.45, 7) is 3.74. The summed E-state index contributed by atoms with van der Waals surface area (Å²) in [6, 6.07) is 15.4. The highest BCUT2D eigenvalue weighted by Gasteiger charge is 2.35.